The van der Waals surface area contributed by atoms with Crippen LogP contribution in [-0.4, -0.2) is 5.78 Å². The molecule has 0 spiro atoms. The number of carbonyl (C=O) groups excluding carboxylic acids is 1. The summed E-state index contributed by atoms with van der Waals surface area (Å²) < 4.78 is 0. The molecule has 0 radical (unpaired) electrons. The standard InChI is InChI=1S/C13H18O/c1-3-4-10-13(11(2)14)12-8-6-5-7-9-12/h5-9,13H,3-4,10H2,1-2H3. The van der Waals surface area contributed by atoms with E-state index < -0.39 is 0 Å². The lowest BCUT2D eigenvalue weighted by Gasteiger charge is -2.13. The molecule has 0 bridgehead atoms. The third kappa shape index (κ3) is 2.99. The average molecular weight is 190 g/mol. The van der Waals surface area contributed by atoms with Crippen LogP contribution in [0.2, 0.25) is 0 Å². The summed E-state index contributed by atoms with van der Waals surface area (Å²) >= 11 is 0. The van der Waals surface area contributed by atoms with E-state index in [1.165, 1.54) is 0 Å². The first kappa shape index (κ1) is 11.0. The van der Waals surface area contributed by atoms with Crippen LogP contribution < -0.4 is 0 Å². The Balaban J connectivity index is 2.73. The SMILES string of the molecule is CCCCC(C(C)=O)c1ccccc1. The molecule has 0 saturated carbocycles. The molecule has 1 heteroatoms. The zero-order valence-electron chi connectivity index (χ0n) is 8.99. The van der Waals surface area contributed by atoms with Gasteiger partial charge in [0.2, 0.25) is 0 Å². The fourth-order valence-electron chi connectivity index (χ4n) is 1.70. The molecule has 1 aromatic rings. The van der Waals surface area contributed by atoms with E-state index in [4.69, 9.17) is 0 Å². The maximum absolute atomic E-state index is 11.5. The van der Waals surface area contributed by atoms with Crippen LogP contribution in [0.4, 0.5) is 0 Å². The Morgan fingerprint density at radius 1 is 1.29 bits per heavy atom. The van der Waals surface area contributed by atoms with E-state index in [1.54, 1.807) is 6.92 Å². The van der Waals surface area contributed by atoms with Gasteiger partial charge in [-0.1, -0.05) is 50.1 Å². The molecule has 0 fully saturated rings. The molecule has 0 aromatic heterocycles. The molecule has 0 N–H and O–H groups in total. The first-order valence-corrected chi connectivity index (χ1v) is 5.31. The average Bonchev–Trinajstić information content (AvgIpc) is 2.19. The van der Waals surface area contributed by atoms with Gasteiger partial charge in [0, 0.05) is 5.92 Å². The van der Waals surface area contributed by atoms with Gasteiger partial charge < -0.3 is 0 Å². The summed E-state index contributed by atoms with van der Waals surface area (Å²) in [5.74, 6) is 0.390. The third-order valence-corrected chi connectivity index (χ3v) is 2.54. The van der Waals surface area contributed by atoms with E-state index in [1.807, 2.05) is 30.3 Å². The van der Waals surface area contributed by atoms with Crippen LogP contribution in [-0.2, 0) is 4.79 Å². The largest absolute Gasteiger partial charge is 0.299 e. The quantitative estimate of drug-likeness (QED) is 0.694. The van der Waals surface area contributed by atoms with Crippen LogP contribution in [0.1, 0.15) is 44.6 Å². The van der Waals surface area contributed by atoms with Gasteiger partial charge in [-0.25, -0.2) is 0 Å². The molecular weight excluding hydrogens is 172 g/mol. The summed E-state index contributed by atoms with van der Waals surface area (Å²) in [6, 6.07) is 10.1. The summed E-state index contributed by atoms with van der Waals surface area (Å²) in [6.07, 6.45) is 3.26. The predicted molar refractivity (Wildman–Crippen MR) is 59.4 cm³/mol. The Bertz CT molecular complexity index is 277. The normalized spacial score (nSPS) is 12.4. The molecule has 1 rings (SSSR count). The lowest BCUT2D eigenvalue weighted by atomic mass is 9.90. The van der Waals surface area contributed by atoms with Crippen molar-refractivity contribution in [1.82, 2.24) is 0 Å². The lowest BCUT2D eigenvalue weighted by molar-refractivity contribution is -0.118. The minimum atomic E-state index is 0.108. The number of hydrogen-bond donors (Lipinski definition) is 0. The Morgan fingerprint density at radius 3 is 2.43 bits per heavy atom. The second-order valence-electron chi connectivity index (χ2n) is 3.72. The van der Waals surface area contributed by atoms with Crippen LogP contribution >= 0.6 is 0 Å². The molecule has 0 amide bonds. The first-order chi connectivity index (χ1) is 6.75. The first-order valence-electron chi connectivity index (χ1n) is 5.31. The molecule has 0 aliphatic carbocycles. The molecular formula is C13H18O. The van der Waals surface area contributed by atoms with Crippen LogP contribution in [0, 0.1) is 0 Å². The smallest absolute Gasteiger partial charge is 0.137 e. The highest BCUT2D eigenvalue weighted by Gasteiger charge is 2.14. The molecule has 0 saturated heterocycles. The van der Waals surface area contributed by atoms with Gasteiger partial charge in [-0.15, -0.1) is 0 Å². The van der Waals surface area contributed by atoms with Crippen molar-refractivity contribution >= 4 is 5.78 Å². The number of ketones is 1. The highest BCUT2D eigenvalue weighted by atomic mass is 16.1. The summed E-state index contributed by atoms with van der Waals surface area (Å²) in [7, 11) is 0. The number of Topliss-reactive ketones (excluding diaryl/α,β-unsaturated/α-hetero) is 1. The number of benzene rings is 1. The highest BCUT2D eigenvalue weighted by Crippen LogP contribution is 2.22. The number of unbranched alkanes of at least 4 members (excludes halogenated alkanes) is 1. The minimum absolute atomic E-state index is 0.108. The third-order valence-electron chi connectivity index (χ3n) is 2.54. The van der Waals surface area contributed by atoms with E-state index in [-0.39, 0.29) is 11.7 Å². The second-order valence-corrected chi connectivity index (χ2v) is 3.72. The van der Waals surface area contributed by atoms with Crippen LogP contribution in [0.25, 0.3) is 0 Å². The van der Waals surface area contributed by atoms with Crippen molar-refractivity contribution in [2.75, 3.05) is 0 Å². The van der Waals surface area contributed by atoms with Crippen molar-refractivity contribution in [1.29, 1.82) is 0 Å². The van der Waals surface area contributed by atoms with Crippen LogP contribution in [0.3, 0.4) is 0 Å². The van der Waals surface area contributed by atoms with E-state index in [9.17, 15) is 4.79 Å². The van der Waals surface area contributed by atoms with Gasteiger partial charge in [0.25, 0.3) is 0 Å². The summed E-state index contributed by atoms with van der Waals surface area (Å²) in [5.41, 5.74) is 1.16. The minimum Gasteiger partial charge on any atom is -0.299 e. The number of rotatable bonds is 5. The number of hydrogen-bond acceptors (Lipinski definition) is 1. The Kier molecular flexibility index (Phi) is 4.37. The van der Waals surface area contributed by atoms with Crippen molar-refractivity contribution in [2.24, 2.45) is 0 Å². The molecule has 0 aliphatic heterocycles. The molecule has 14 heavy (non-hydrogen) atoms. The zero-order valence-corrected chi connectivity index (χ0v) is 8.99. The Hall–Kier alpha value is -1.11. The molecule has 1 unspecified atom stereocenters. The summed E-state index contributed by atoms with van der Waals surface area (Å²) in [6.45, 7) is 3.84. The Labute approximate surface area is 86.1 Å². The van der Waals surface area contributed by atoms with Gasteiger partial charge in [-0.05, 0) is 18.9 Å². The molecule has 1 atom stereocenters. The van der Waals surface area contributed by atoms with Gasteiger partial charge in [0.15, 0.2) is 0 Å². The second kappa shape index (κ2) is 5.58. The molecule has 1 nitrogen and oxygen atoms in total. The van der Waals surface area contributed by atoms with E-state index in [0.717, 1.165) is 24.8 Å². The van der Waals surface area contributed by atoms with Crippen molar-refractivity contribution in [2.45, 2.75) is 39.0 Å². The van der Waals surface area contributed by atoms with Crippen LogP contribution in [0.5, 0.6) is 0 Å². The lowest BCUT2D eigenvalue weighted by Crippen LogP contribution is -2.08. The topological polar surface area (TPSA) is 17.1 Å². The summed E-state index contributed by atoms with van der Waals surface area (Å²) in [4.78, 5) is 11.5. The van der Waals surface area contributed by atoms with E-state index in [0.29, 0.717) is 0 Å². The monoisotopic (exact) mass is 190 g/mol. The van der Waals surface area contributed by atoms with Gasteiger partial charge in [-0.2, -0.15) is 0 Å². The Morgan fingerprint density at radius 2 is 1.93 bits per heavy atom. The maximum atomic E-state index is 11.5. The zero-order chi connectivity index (χ0) is 10.4. The molecule has 1 aromatic carbocycles. The molecule has 76 valence electrons. The molecule has 0 aliphatic rings. The fourth-order valence-corrected chi connectivity index (χ4v) is 1.70. The van der Waals surface area contributed by atoms with Gasteiger partial charge in [-0.3, -0.25) is 4.79 Å². The van der Waals surface area contributed by atoms with Crippen molar-refractivity contribution < 1.29 is 4.79 Å². The highest BCUT2D eigenvalue weighted by molar-refractivity contribution is 5.83. The molecule has 0 heterocycles. The van der Waals surface area contributed by atoms with Gasteiger partial charge >= 0.3 is 0 Å². The van der Waals surface area contributed by atoms with Gasteiger partial charge in [0.1, 0.15) is 5.78 Å². The van der Waals surface area contributed by atoms with Crippen LogP contribution in [0.15, 0.2) is 30.3 Å². The van der Waals surface area contributed by atoms with Crippen molar-refractivity contribution in [3.05, 3.63) is 35.9 Å². The predicted octanol–water partition coefficient (Wildman–Crippen LogP) is 3.55. The maximum Gasteiger partial charge on any atom is 0.137 e. The number of carbonyl (C=O) groups is 1. The van der Waals surface area contributed by atoms with Crippen molar-refractivity contribution in [3.63, 3.8) is 0 Å². The van der Waals surface area contributed by atoms with E-state index in [2.05, 4.69) is 6.92 Å². The van der Waals surface area contributed by atoms with E-state index >= 15 is 0 Å². The summed E-state index contributed by atoms with van der Waals surface area (Å²) in [5, 5.41) is 0. The van der Waals surface area contributed by atoms with Gasteiger partial charge in [0.05, 0.1) is 0 Å². The fraction of sp³-hybridized carbons (Fsp3) is 0.462. The van der Waals surface area contributed by atoms with Crippen molar-refractivity contribution in [3.8, 4) is 0 Å².